The Labute approximate surface area is 105 Å². The summed E-state index contributed by atoms with van der Waals surface area (Å²) in [6.07, 6.45) is 1.02. The number of ether oxygens (including phenoxy) is 2. The smallest absolute Gasteiger partial charge is 0.217 e. The lowest BCUT2D eigenvalue weighted by molar-refractivity contribution is 0.0541. The summed E-state index contributed by atoms with van der Waals surface area (Å²) in [5, 5.41) is 0. The fourth-order valence-electron chi connectivity index (χ4n) is 1.10. The maximum Gasteiger partial charge on any atom is 0.217 e. The van der Waals surface area contributed by atoms with Gasteiger partial charge in [0.15, 0.2) is 0 Å². The van der Waals surface area contributed by atoms with Crippen LogP contribution >= 0.6 is 15.9 Å². The van der Waals surface area contributed by atoms with Crippen LogP contribution in [0.2, 0.25) is 0 Å². The Morgan fingerprint density at radius 1 is 1.31 bits per heavy atom. The van der Waals surface area contributed by atoms with Crippen molar-refractivity contribution < 1.29 is 9.47 Å². The van der Waals surface area contributed by atoms with Crippen LogP contribution in [0.4, 0.5) is 0 Å². The molecule has 90 valence electrons. The molecule has 0 unspecified atom stereocenters. The number of hydrogen-bond acceptors (Lipinski definition) is 4. The van der Waals surface area contributed by atoms with Crippen LogP contribution in [-0.2, 0) is 11.2 Å². The molecule has 4 nitrogen and oxygen atoms in total. The van der Waals surface area contributed by atoms with Gasteiger partial charge in [-0.25, -0.2) is 4.98 Å². The zero-order chi connectivity index (χ0) is 12.0. The van der Waals surface area contributed by atoms with E-state index in [1.807, 2.05) is 20.8 Å². The Morgan fingerprint density at radius 3 is 2.69 bits per heavy atom. The molecule has 0 radical (unpaired) electrons. The molecule has 0 aromatic carbocycles. The van der Waals surface area contributed by atoms with Crippen molar-refractivity contribution in [3.05, 3.63) is 16.5 Å². The predicted octanol–water partition coefficient (Wildman–Crippen LogP) is 2.61. The van der Waals surface area contributed by atoms with Crippen molar-refractivity contribution in [2.24, 2.45) is 0 Å². The van der Waals surface area contributed by atoms with Crippen molar-refractivity contribution in [1.82, 2.24) is 9.97 Å². The standard InChI is InChI=1S/C11H17BrN2O2/c1-4-10-13-9(12)7-11(14-10)16-6-5-15-8(2)3/h7-8H,4-6H2,1-3H3. The number of rotatable bonds is 6. The molecule has 0 saturated heterocycles. The van der Waals surface area contributed by atoms with Crippen LogP contribution in [0.15, 0.2) is 10.7 Å². The first kappa shape index (κ1) is 13.4. The van der Waals surface area contributed by atoms with Crippen molar-refractivity contribution in [1.29, 1.82) is 0 Å². The molecule has 0 amide bonds. The van der Waals surface area contributed by atoms with E-state index >= 15 is 0 Å². The average molecular weight is 289 g/mol. The second-order valence-corrected chi connectivity index (χ2v) is 4.38. The van der Waals surface area contributed by atoms with Gasteiger partial charge in [0, 0.05) is 12.5 Å². The van der Waals surface area contributed by atoms with Gasteiger partial charge in [-0.3, -0.25) is 0 Å². The molecule has 0 aliphatic heterocycles. The topological polar surface area (TPSA) is 44.2 Å². The van der Waals surface area contributed by atoms with E-state index in [2.05, 4.69) is 25.9 Å². The molecule has 0 spiro atoms. The van der Waals surface area contributed by atoms with Gasteiger partial charge in [-0.15, -0.1) is 0 Å². The normalized spacial score (nSPS) is 10.8. The van der Waals surface area contributed by atoms with Crippen LogP contribution in [0.5, 0.6) is 5.88 Å². The summed E-state index contributed by atoms with van der Waals surface area (Å²) in [5.74, 6) is 1.36. The number of hydrogen-bond donors (Lipinski definition) is 0. The SMILES string of the molecule is CCc1nc(Br)cc(OCCOC(C)C)n1. The molecule has 0 saturated carbocycles. The molecule has 1 rings (SSSR count). The van der Waals surface area contributed by atoms with E-state index in [0.29, 0.717) is 19.1 Å². The van der Waals surface area contributed by atoms with E-state index in [9.17, 15) is 0 Å². The lowest BCUT2D eigenvalue weighted by atomic mass is 10.4. The van der Waals surface area contributed by atoms with Gasteiger partial charge in [-0.2, -0.15) is 4.98 Å². The molecule has 16 heavy (non-hydrogen) atoms. The fourth-order valence-corrected chi connectivity index (χ4v) is 1.50. The molecular formula is C11H17BrN2O2. The van der Waals surface area contributed by atoms with Crippen molar-refractivity contribution in [2.45, 2.75) is 33.3 Å². The summed E-state index contributed by atoms with van der Waals surface area (Å²) in [7, 11) is 0. The number of halogens is 1. The molecule has 0 atom stereocenters. The highest BCUT2D eigenvalue weighted by molar-refractivity contribution is 9.10. The Hall–Kier alpha value is -0.680. The first-order valence-electron chi connectivity index (χ1n) is 5.39. The molecule has 5 heteroatoms. The van der Waals surface area contributed by atoms with Crippen LogP contribution in [0.25, 0.3) is 0 Å². The number of aryl methyl sites for hydroxylation is 1. The summed E-state index contributed by atoms with van der Waals surface area (Å²) in [6, 6.07) is 1.76. The van der Waals surface area contributed by atoms with E-state index in [0.717, 1.165) is 16.8 Å². The van der Waals surface area contributed by atoms with Crippen molar-refractivity contribution in [3.63, 3.8) is 0 Å². The highest BCUT2D eigenvalue weighted by Crippen LogP contribution is 2.14. The zero-order valence-corrected chi connectivity index (χ0v) is 11.5. The molecule has 0 aliphatic carbocycles. The minimum atomic E-state index is 0.229. The maximum atomic E-state index is 5.47. The first-order chi connectivity index (χ1) is 7.61. The molecular weight excluding hydrogens is 272 g/mol. The Morgan fingerprint density at radius 2 is 2.06 bits per heavy atom. The lowest BCUT2D eigenvalue weighted by Gasteiger charge is -2.09. The summed E-state index contributed by atoms with van der Waals surface area (Å²) in [6.45, 7) is 7.08. The quantitative estimate of drug-likeness (QED) is 0.596. The monoisotopic (exact) mass is 288 g/mol. The second-order valence-electron chi connectivity index (χ2n) is 3.57. The number of nitrogens with zero attached hydrogens (tertiary/aromatic N) is 2. The van der Waals surface area contributed by atoms with Gasteiger partial charge >= 0.3 is 0 Å². The molecule has 0 fully saturated rings. The zero-order valence-electron chi connectivity index (χ0n) is 9.86. The first-order valence-corrected chi connectivity index (χ1v) is 6.19. The van der Waals surface area contributed by atoms with Crippen molar-refractivity contribution in [2.75, 3.05) is 13.2 Å². The van der Waals surface area contributed by atoms with Gasteiger partial charge in [0.25, 0.3) is 0 Å². The largest absolute Gasteiger partial charge is 0.475 e. The Bertz CT molecular complexity index is 332. The third-order valence-electron chi connectivity index (χ3n) is 1.82. The van der Waals surface area contributed by atoms with Crippen molar-refractivity contribution in [3.8, 4) is 5.88 Å². The van der Waals surface area contributed by atoms with Gasteiger partial charge in [0.2, 0.25) is 5.88 Å². The second kappa shape index (κ2) is 6.81. The van der Waals surface area contributed by atoms with Gasteiger partial charge in [0.05, 0.1) is 12.7 Å². The highest BCUT2D eigenvalue weighted by atomic mass is 79.9. The van der Waals surface area contributed by atoms with Crippen LogP contribution in [0.1, 0.15) is 26.6 Å². The van der Waals surface area contributed by atoms with E-state index in [1.54, 1.807) is 6.07 Å². The minimum absolute atomic E-state index is 0.229. The molecule has 1 heterocycles. The fraction of sp³-hybridized carbons (Fsp3) is 0.636. The molecule has 1 aromatic rings. The molecule has 0 aliphatic rings. The summed E-state index contributed by atoms with van der Waals surface area (Å²) < 4.78 is 11.6. The van der Waals surface area contributed by atoms with E-state index < -0.39 is 0 Å². The lowest BCUT2D eigenvalue weighted by Crippen LogP contribution is -2.12. The van der Waals surface area contributed by atoms with Crippen LogP contribution in [0.3, 0.4) is 0 Å². The third kappa shape index (κ3) is 4.90. The Balaban J connectivity index is 2.44. The van der Waals surface area contributed by atoms with Gasteiger partial charge < -0.3 is 9.47 Å². The molecule has 0 bridgehead atoms. The van der Waals surface area contributed by atoms with Crippen LogP contribution in [0, 0.1) is 0 Å². The van der Waals surface area contributed by atoms with E-state index in [1.165, 1.54) is 0 Å². The Kier molecular flexibility index (Phi) is 5.69. The summed E-state index contributed by atoms with van der Waals surface area (Å²) in [4.78, 5) is 8.45. The van der Waals surface area contributed by atoms with Crippen LogP contribution in [-0.4, -0.2) is 29.3 Å². The van der Waals surface area contributed by atoms with Gasteiger partial charge in [-0.1, -0.05) is 6.92 Å². The summed E-state index contributed by atoms with van der Waals surface area (Å²) in [5.41, 5.74) is 0. The third-order valence-corrected chi connectivity index (χ3v) is 2.22. The minimum Gasteiger partial charge on any atom is -0.475 e. The predicted molar refractivity (Wildman–Crippen MR) is 65.7 cm³/mol. The van der Waals surface area contributed by atoms with E-state index in [-0.39, 0.29) is 6.10 Å². The van der Waals surface area contributed by atoms with Crippen LogP contribution < -0.4 is 4.74 Å². The average Bonchev–Trinajstić information content (AvgIpc) is 2.23. The van der Waals surface area contributed by atoms with Gasteiger partial charge in [0.1, 0.15) is 17.0 Å². The summed E-state index contributed by atoms with van der Waals surface area (Å²) >= 11 is 3.32. The molecule has 0 N–H and O–H groups in total. The van der Waals surface area contributed by atoms with Crippen molar-refractivity contribution >= 4 is 15.9 Å². The number of aromatic nitrogens is 2. The highest BCUT2D eigenvalue weighted by Gasteiger charge is 2.02. The maximum absolute atomic E-state index is 5.47. The molecule has 1 aromatic heterocycles. The van der Waals surface area contributed by atoms with Gasteiger partial charge in [-0.05, 0) is 29.8 Å². The van der Waals surface area contributed by atoms with E-state index in [4.69, 9.17) is 9.47 Å².